The third kappa shape index (κ3) is 6.16. The van der Waals surface area contributed by atoms with Crippen molar-refractivity contribution in [1.29, 1.82) is 0 Å². The monoisotopic (exact) mass is 556 g/mol. The number of halogens is 1. The van der Waals surface area contributed by atoms with Crippen LogP contribution in [0.15, 0.2) is 84.9 Å². The van der Waals surface area contributed by atoms with Crippen LogP contribution in [-0.2, 0) is 14.1 Å². The fourth-order valence-electron chi connectivity index (χ4n) is 4.80. The molecular weight excluding hydrogens is 528 g/mol. The maximum atomic E-state index is 14.1. The molecule has 4 rings (SSSR count). The fourth-order valence-corrected chi connectivity index (χ4v) is 5.69. The van der Waals surface area contributed by atoms with Crippen LogP contribution in [-0.4, -0.2) is 27.1 Å². The number of rotatable bonds is 9. The summed E-state index contributed by atoms with van der Waals surface area (Å²) in [6.07, 6.45) is 4.59. The Hall–Kier alpha value is -4.21. The Labute approximate surface area is 233 Å². The zero-order valence-corrected chi connectivity index (χ0v) is 22.9. The highest BCUT2D eigenvalue weighted by Gasteiger charge is 2.45. The first-order valence-electron chi connectivity index (χ1n) is 12.7. The average molecular weight is 557 g/mol. The van der Waals surface area contributed by atoms with Crippen molar-refractivity contribution in [3.63, 3.8) is 0 Å². The molecule has 2 N–H and O–H groups in total. The number of carbonyl (C=O) groups excluding carboxylic acids is 1. The Balaban J connectivity index is 2.18. The van der Waals surface area contributed by atoms with Crippen molar-refractivity contribution in [2.75, 3.05) is 0 Å². The van der Waals surface area contributed by atoms with Crippen LogP contribution in [0.3, 0.4) is 0 Å². The molecule has 6 nitrogen and oxygen atoms in total. The number of carbonyl (C=O) groups is 1. The predicted octanol–water partition coefficient (Wildman–Crippen LogP) is 7.01. The van der Waals surface area contributed by atoms with Gasteiger partial charge in [0.15, 0.2) is 0 Å². The number of hydrogen-bond acceptors (Lipinski definition) is 5. The largest absolute Gasteiger partial charge is 0.516 e. The first-order chi connectivity index (χ1) is 19.2. The second-order valence-electron chi connectivity index (χ2n) is 9.51. The van der Waals surface area contributed by atoms with E-state index in [1.54, 1.807) is 18.2 Å². The van der Waals surface area contributed by atoms with Crippen molar-refractivity contribution < 1.29 is 28.5 Å². The molecule has 1 heterocycles. The molecule has 3 atom stereocenters. The van der Waals surface area contributed by atoms with E-state index in [1.807, 2.05) is 74.5 Å². The SMILES string of the molecule is C#COC(=O)CC(O)C(c1c(C(C)C)nc(-c2ccccc2)c(-c2ccccc2)c1-c1ccc(F)cc1)[P+](=O)O. The van der Waals surface area contributed by atoms with E-state index < -0.39 is 38.0 Å². The predicted molar refractivity (Wildman–Crippen MR) is 153 cm³/mol. The topological polar surface area (TPSA) is 96.7 Å². The lowest BCUT2D eigenvalue weighted by molar-refractivity contribution is -0.139. The zero-order valence-electron chi connectivity index (χ0n) is 22.0. The van der Waals surface area contributed by atoms with Gasteiger partial charge in [0.1, 0.15) is 18.0 Å². The van der Waals surface area contributed by atoms with E-state index in [-0.39, 0.29) is 5.92 Å². The molecule has 0 spiro atoms. The van der Waals surface area contributed by atoms with Crippen LogP contribution in [0, 0.1) is 18.3 Å². The van der Waals surface area contributed by atoms with Gasteiger partial charge in [0.2, 0.25) is 5.66 Å². The van der Waals surface area contributed by atoms with Crippen molar-refractivity contribution >= 4 is 14.0 Å². The van der Waals surface area contributed by atoms with Crippen LogP contribution in [0.25, 0.3) is 33.5 Å². The second-order valence-corrected chi connectivity index (χ2v) is 10.7. The molecule has 3 aromatic carbocycles. The van der Waals surface area contributed by atoms with Gasteiger partial charge in [0, 0.05) is 22.3 Å². The highest BCUT2D eigenvalue weighted by Crippen LogP contribution is 2.52. The van der Waals surface area contributed by atoms with Crippen molar-refractivity contribution in [3.8, 4) is 46.0 Å². The lowest BCUT2D eigenvalue weighted by Gasteiger charge is -2.26. The van der Waals surface area contributed by atoms with Gasteiger partial charge < -0.3 is 9.84 Å². The summed E-state index contributed by atoms with van der Waals surface area (Å²) in [6.45, 7) is 3.77. The quantitative estimate of drug-likeness (QED) is 0.131. The molecule has 202 valence electrons. The number of ether oxygens (including phenoxy) is 1. The first kappa shape index (κ1) is 28.8. The van der Waals surface area contributed by atoms with Gasteiger partial charge in [-0.05, 0) is 33.7 Å². The number of hydrogen-bond donors (Lipinski definition) is 2. The summed E-state index contributed by atoms with van der Waals surface area (Å²) in [5.41, 5.74) is 3.21. The van der Waals surface area contributed by atoms with Gasteiger partial charge in [-0.25, -0.2) is 4.39 Å². The molecule has 0 aliphatic carbocycles. The van der Waals surface area contributed by atoms with E-state index in [0.717, 1.165) is 11.1 Å². The van der Waals surface area contributed by atoms with Gasteiger partial charge in [-0.3, -0.25) is 9.78 Å². The summed E-state index contributed by atoms with van der Waals surface area (Å²) in [4.78, 5) is 27.9. The van der Waals surface area contributed by atoms with Gasteiger partial charge in [-0.2, -0.15) is 4.89 Å². The number of benzene rings is 3. The van der Waals surface area contributed by atoms with E-state index in [1.165, 1.54) is 12.1 Å². The number of aliphatic hydroxyl groups is 1. The minimum Gasteiger partial charge on any atom is -0.387 e. The minimum absolute atomic E-state index is 0.260. The lowest BCUT2D eigenvalue weighted by Crippen LogP contribution is -2.23. The molecule has 0 saturated carbocycles. The number of esters is 1. The van der Waals surface area contributed by atoms with Crippen molar-refractivity contribution in [1.82, 2.24) is 4.98 Å². The molecular formula is C32H28FNO5P+. The van der Waals surface area contributed by atoms with Crippen molar-refractivity contribution in [3.05, 3.63) is 102 Å². The molecule has 1 aromatic heterocycles. The molecule has 0 saturated heterocycles. The van der Waals surface area contributed by atoms with E-state index >= 15 is 0 Å². The van der Waals surface area contributed by atoms with Crippen LogP contribution in [0.1, 0.15) is 43.1 Å². The summed E-state index contributed by atoms with van der Waals surface area (Å²) in [5.74, 6) is -1.62. The lowest BCUT2D eigenvalue weighted by atomic mass is 9.83. The van der Waals surface area contributed by atoms with Crippen LogP contribution in [0.2, 0.25) is 0 Å². The van der Waals surface area contributed by atoms with E-state index in [4.69, 9.17) is 11.4 Å². The Morgan fingerprint density at radius 3 is 2.02 bits per heavy atom. The average Bonchev–Trinajstić information content (AvgIpc) is 2.94. The maximum absolute atomic E-state index is 14.1. The Bertz CT molecular complexity index is 1550. The zero-order chi connectivity index (χ0) is 28.8. The number of aliphatic hydroxyl groups excluding tert-OH is 1. The van der Waals surface area contributed by atoms with Crippen molar-refractivity contribution in [2.45, 2.75) is 37.9 Å². The molecule has 3 unspecified atom stereocenters. The summed E-state index contributed by atoms with van der Waals surface area (Å²) < 4.78 is 31.7. The molecule has 0 radical (unpaired) electrons. The normalized spacial score (nSPS) is 12.9. The summed E-state index contributed by atoms with van der Waals surface area (Å²) in [5, 5.41) is 11.2. The second kappa shape index (κ2) is 12.8. The molecule has 40 heavy (non-hydrogen) atoms. The van der Waals surface area contributed by atoms with Gasteiger partial charge in [0.25, 0.3) is 0 Å². The highest BCUT2D eigenvalue weighted by molar-refractivity contribution is 7.38. The third-order valence-corrected chi connectivity index (χ3v) is 7.58. The summed E-state index contributed by atoms with van der Waals surface area (Å²) in [6, 6.07) is 24.7. The Kier molecular flexibility index (Phi) is 9.19. The Morgan fingerprint density at radius 1 is 0.950 bits per heavy atom. The Morgan fingerprint density at radius 2 is 1.50 bits per heavy atom. The number of aromatic nitrogens is 1. The van der Waals surface area contributed by atoms with Crippen molar-refractivity contribution in [2.24, 2.45) is 0 Å². The maximum Gasteiger partial charge on any atom is 0.516 e. The van der Waals surface area contributed by atoms with Crippen LogP contribution < -0.4 is 0 Å². The van der Waals surface area contributed by atoms with Gasteiger partial charge in [0.05, 0.1) is 17.8 Å². The molecule has 0 aliphatic heterocycles. The summed E-state index contributed by atoms with van der Waals surface area (Å²) >= 11 is 0. The minimum atomic E-state index is -3.09. The van der Waals surface area contributed by atoms with Crippen LogP contribution in [0.4, 0.5) is 4.39 Å². The van der Waals surface area contributed by atoms with Gasteiger partial charge >= 0.3 is 14.0 Å². The molecule has 4 aromatic rings. The van der Waals surface area contributed by atoms with E-state index in [2.05, 4.69) is 4.74 Å². The molecule has 8 heteroatoms. The number of terminal acetylenes is 1. The standard InChI is InChI=1S/C32H27FNO5P/c1-4-39-26(36)19-25(35)32(40(37)38)29-27(22-15-17-24(33)18-16-22)28(21-11-7-5-8-12-21)31(34-30(29)20(2)3)23-13-9-6-10-14-23/h1,5-18,20,25,32,35H,19H2,2-3H3/p+1. The van der Waals surface area contributed by atoms with Gasteiger partial charge in [-0.15, -0.1) is 0 Å². The number of nitrogens with zero attached hydrogens (tertiary/aromatic N) is 1. The van der Waals surface area contributed by atoms with Crippen LogP contribution >= 0.6 is 8.03 Å². The van der Waals surface area contributed by atoms with E-state index in [9.17, 15) is 23.7 Å². The highest BCUT2D eigenvalue weighted by atomic mass is 31.1. The molecule has 0 amide bonds. The van der Waals surface area contributed by atoms with Crippen LogP contribution in [0.5, 0.6) is 0 Å². The molecule has 0 aliphatic rings. The fraction of sp³-hybridized carbons (Fsp3) is 0.188. The van der Waals surface area contributed by atoms with Gasteiger partial charge in [-0.1, -0.05) is 93.1 Å². The van der Waals surface area contributed by atoms with E-state index in [0.29, 0.717) is 33.6 Å². The number of pyridine rings is 1. The first-order valence-corrected chi connectivity index (χ1v) is 13.9. The smallest absolute Gasteiger partial charge is 0.387 e. The third-order valence-electron chi connectivity index (χ3n) is 6.50. The molecule has 0 bridgehead atoms. The molecule has 0 fully saturated rings. The summed E-state index contributed by atoms with van der Waals surface area (Å²) in [7, 11) is -3.09.